The van der Waals surface area contributed by atoms with Crippen molar-refractivity contribution in [3.63, 3.8) is 0 Å². The van der Waals surface area contributed by atoms with Crippen LogP contribution in [0.1, 0.15) is 39.7 Å². The highest BCUT2D eigenvalue weighted by atomic mass is 32.2. The van der Waals surface area contributed by atoms with Crippen molar-refractivity contribution in [2.24, 2.45) is 0 Å². The lowest BCUT2D eigenvalue weighted by Crippen LogP contribution is -2.46. The molecule has 0 aliphatic carbocycles. The molecule has 1 aliphatic heterocycles. The molecule has 2 N–H and O–H groups in total. The third kappa shape index (κ3) is 4.34. The number of rotatable bonds is 5. The minimum absolute atomic E-state index is 0.158. The van der Waals surface area contributed by atoms with E-state index in [0.717, 1.165) is 36.7 Å². The van der Waals surface area contributed by atoms with Gasteiger partial charge in [-0.3, -0.25) is 10.00 Å². The third-order valence-corrected chi connectivity index (χ3v) is 7.86. The number of sulfone groups is 1. The van der Waals surface area contributed by atoms with Crippen molar-refractivity contribution in [2.75, 3.05) is 31.8 Å². The zero-order chi connectivity index (χ0) is 25.0. The van der Waals surface area contributed by atoms with Crippen LogP contribution in [0.2, 0.25) is 0 Å². The molecule has 0 spiro atoms. The number of hydrogen-bond acceptors (Lipinski definition) is 8. The monoisotopic (exact) mass is 497 g/mol. The molecule has 1 fully saturated rings. The van der Waals surface area contributed by atoms with Crippen molar-refractivity contribution in [2.45, 2.75) is 50.1 Å². The van der Waals surface area contributed by atoms with E-state index in [2.05, 4.69) is 46.3 Å². The van der Waals surface area contributed by atoms with E-state index in [1.165, 1.54) is 6.26 Å². The Balaban J connectivity index is 1.48. The highest BCUT2D eigenvalue weighted by molar-refractivity contribution is 7.90. The normalized spacial score (nSPS) is 16.3. The molecule has 186 valence electrons. The Morgan fingerprint density at radius 2 is 1.89 bits per heavy atom. The lowest BCUT2D eigenvalue weighted by molar-refractivity contribution is 0.0848. The molecule has 10 nitrogen and oxygen atoms in total. The van der Waals surface area contributed by atoms with Gasteiger partial charge in [-0.25, -0.2) is 18.1 Å². The average molecular weight is 498 g/mol. The fourth-order valence-corrected chi connectivity index (χ4v) is 5.45. The molecule has 0 atom stereocenters. The zero-order valence-electron chi connectivity index (χ0n) is 20.7. The molecule has 5 rings (SSSR count). The fourth-order valence-electron chi connectivity index (χ4n) is 4.81. The fraction of sp³-hybridized carbons (Fsp3) is 0.458. The van der Waals surface area contributed by atoms with Crippen molar-refractivity contribution in [3.05, 3.63) is 30.6 Å². The molecular weight excluding hydrogens is 466 g/mol. The van der Waals surface area contributed by atoms with Gasteiger partial charge < -0.3 is 10.1 Å². The molecule has 0 bridgehead atoms. The van der Waals surface area contributed by atoms with Gasteiger partial charge in [-0.15, -0.1) is 0 Å². The summed E-state index contributed by atoms with van der Waals surface area (Å²) >= 11 is 0. The summed E-state index contributed by atoms with van der Waals surface area (Å²) in [4.78, 5) is 7.50. The number of H-pyrrole nitrogens is 1. The molecule has 0 saturated carbocycles. The van der Waals surface area contributed by atoms with Crippen LogP contribution in [0.4, 0.5) is 11.5 Å². The Labute approximate surface area is 204 Å². The molecule has 3 aromatic heterocycles. The van der Waals surface area contributed by atoms with E-state index in [0.29, 0.717) is 28.4 Å². The standard InChI is InChI=1S/C24H31N7O3S/c1-24(2,3)30-10-8-15(9-11-30)31-23(34-4)20(14-26-31)28-22-21-18(13-25-29-21)17-12-16(35(5,32)33)6-7-19(17)27-22/h6-7,12-15H,8-11H2,1-5H3,(H,25,29)(H,27,28). The average Bonchev–Trinajstić information content (AvgIpc) is 3.45. The summed E-state index contributed by atoms with van der Waals surface area (Å²) in [7, 11) is -1.69. The van der Waals surface area contributed by atoms with Crippen LogP contribution in [0.5, 0.6) is 5.88 Å². The van der Waals surface area contributed by atoms with Gasteiger partial charge in [-0.1, -0.05) is 0 Å². The van der Waals surface area contributed by atoms with Crippen LogP contribution in [0, 0.1) is 0 Å². The first-order valence-corrected chi connectivity index (χ1v) is 13.6. The molecule has 4 aromatic rings. The van der Waals surface area contributed by atoms with Crippen molar-refractivity contribution in [3.8, 4) is 5.88 Å². The maximum absolute atomic E-state index is 12.0. The number of pyridine rings is 1. The Bertz CT molecular complexity index is 1490. The zero-order valence-corrected chi connectivity index (χ0v) is 21.5. The Kier molecular flexibility index (Phi) is 5.71. The number of methoxy groups -OCH3 is 1. The molecule has 1 aliphatic rings. The molecule has 0 radical (unpaired) electrons. The van der Waals surface area contributed by atoms with Crippen molar-refractivity contribution in [1.29, 1.82) is 0 Å². The number of nitrogens with one attached hydrogen (secondary N) is 2. The number of aromatic amines is 1. The highest BCUT2D eigenvalue weighted by Crippen LogP contribution is 2.37. The smallest absolute Gasteiger partial charge is 0.236 e. The van der Waals surface area contributed by atoms with E-state index in [1.54, 1.807) is 37.7 Å². The maximum Gasteiger partial charge on any atom is 0.236 e. The number of hydrogen-bond donors (Lipinski definition) is 2. The first kappa shape index (κ1) is 23.6. The molecule has 0 unspecified atom stereocenters. The van der Waals surface area contributed by atoms with Crippen molar-refractivity contribution >= 4 is 43.1 Å². The van der Waals surface area contributed by atoms with Gasteiger partial charge in [0.15, 0.2) is 15.7 Å². The summed E-state index contributed by atoms with van der Waals surface area (Å²) in [6.07, 6.45) is 6.63. The summed E-state index contributed by atoms with van der Waals surface area (Å²) in [5.74, 6) is 1.22. The molecule has 1 aromatic carbocycles. The summed E-state index contributed by atoms with van der Waals surface area (Å²) in [6, 6.07) is 5.18. The maximum atomic E-state index is 12.0. The third-order valence-electron chi connectivity index (χ3n) is 6.75. The number of anilines is 2. The molecule has 4 heterocycles. The lowest BCUT2D eigenvalue weighted by atomic mass is 9.98. The molecular formula is C24H31N7O3S. The highest BCUT2D eigenvalue weighted by Gasteiger charge is 2.30. The number of fused-ring (bicyclic) bond motifs is 3. The second-order valence-electron chi connectivity index (χ2n) is 10.1. The Morgan fingerprint density at radius 3 is 2.54 bits per heavy atom. The van der Waals surface area contributed by atoms with Gasteiger partial charge >= 0.3 is 0 Å². The number of nitrogens with zero attached hydrogens (tertiary/aromatic N) is 5. The summed E-state index contributed by atoms with van der Waals surface area (Å²) in [5, 5.41) is 16.7. The van der Waals surface area contributed by atoms with Gasteiger partial charge in [0.1, 0.15) is 11.2 Å². The van der Waals surface area contributed by atoms with Crippen molar-refractivity contribution < 1.29 is 13.2 Å². The first-order valence-electron chi connectivity index (χ1n) is 11.7. The van der Waals surface area contributed by atoms with Crippen LogP contribution >= 0.6 is 0 Å². The predicted octanol–water partition coefficient (Wildman–Crippen LogP) is 3.90. The SMILES string of the molecule is COc1c(Nc2nc3ccc(S(C)(=O)=O)cc3c3cn[nH]c23)cnn1C1CCN(C(C)(C)C)CC1. The van der Waals surface area contributed by atoms with Gasteiger partial charge in [0.2, 0.25) is 5.88 Å². The van der Waals surface area contributed by atoms with E-state index in [-0.39, 0.29) is 16.5 Å². The van der Waals surface area contributed by atoms with Gasteiger partial charge in [-0.2, -0.15) is 10.2 Å². The number of aromatic nitrogens is 5. The van der Waals surface area contributed by atoms with Crippen LogP contribution < -0.4 is 10.1 Å². The second kappa shape index (κ2) is 8.49. The summed E-state index contributed by atoms with van der Waals surface area (Å²) in [6.45, 7) is 8.77. The lowest BCUT2D eigenvalue weighted by Gasteiger charge is -2.41. The van der Waals surface area contributed by atoms with Crippen LogP contribution in [-0.4, -0.2) is 70.3 Å². The minimum atomic E-state index is -3.34. The van der Waals surface area contributed by atoms with Crippen LogP contribution in [0.25, 0.3) is 21.8 Å². The van der Waals surface area contributed by atoms with Crippen LogP contribution in [0.15, 0.2) is 35.5 Å². The van der Waals surface area contributed by atoms with E-state index in [9.17, 15) is 8.42 Å². The Hall–Kier alpha value is -3.18. The second-order valence-corrected chi connectivity index (χ2v) is 12.1. The van der Waals surface area contributed by atoms with E-state index >= 15 is 0 Å². The molecule has 35 heavy (non-hydrogen) atoms. The van der Waals surface area contributed by atoms with Gasteiger partial charge in [0.25, 0.3) is 0 Å². The predicted molar refractivity (Wildman–Crippen MR) is 136 cm³/mol. The van der Waals surface area contributed by atoms with Gasteiger partial charge in [0, 0.05) is 35.7 Å². The largest absolute Gasteiger partial charge is 0.480 e. The molecule has 11 heteroatoms. The van der Waals surface area contributed by atoms with E-state index in [1.807, 2.05) is 4.68 Å². The van der Waals surface area contributed by atoms with E-state index in [4.69, 9.17) is 9.72 Å². The first-order chi connectivity index (χ1) is 16.6. The summed E-state index contributed by atoms with van der Waals surface area (Å²) < 4.78 is 31.8. The van der Waals surface area contributed by atoms with Gasteiger partial charge in [-0.05, 0) is 51.8 Å². The number of benzene rings is 1. The quantitative estimate of drug-likeness (QED) is 0.426. The summed E-state index contributed by atoms with van der Waals surface area (Å²) in [5.41, 5.74) is 2.21. The van der Waals surface area contributed by atoms with E-state index < -0.39 is 9.84 Å². The van der Waals surface area contributed by atoms with Crippen LogP contribution in [-0.2, 0) is 9.84 Å². The number of likely N-dealkylation sites (tertiary alicyclic amines) is 1. The minimum Gasteiger partial charge on any atom is -0.480 e. The number of piperidine rings is 1. The molecule has 0 amide bonds. The molecule has 1 saturated heterocycles. The van der Waals surface area contributed by atoms with Crippen LogP contribution in [0.3, 0.4) is 0 Å². The number of ether oxygens (including phenoxy) is 1. The Morgan fingerprint density at radius 1 is 1.14 bits per heavy atom. The topological polar surface area (TPSA) is 118 Å². The van der Waals surface area contributed by atoms with Crippen molar-refractivity contribution in [1.82, 2.24) is 29.9 Å². The van der Waals surface area contributed by atoms with Gasteiger partial charge in [0.05, 0.1) is 36.0 Å².